The molecule has 1 atom stereocenters. The van der Waals surface area contributed by atoms with Crippen molar-refractivity contribution >= 4 is 5.78 Å². The molecule has 3 heteroatoms. The Bertz CT molecular complexity index is 183. The van der Waals surface area contributed by atoms with Crippen molar-refractivity contribution in [2.75, 3.05) is 19.8 Å². The lowest BCUT2D eigenvalue weighted by Gasteiger charge is -2.20. The van der Waals surface area contributed by atoms with Gasteiger partial charge in [0.1, 0.15) is 12.7 Å². The SMILES string of the molecule is CCC(C)(C)C(=O)COCC1CO1. The zero-order valence-corrected chi connectivity index (χ0v) is 8.63. The lowest BCUT2D eigenvalue weighted by atomic mass is 9.86. The van der Waals surface area contributed by atoms with Gasteiger partial charge in [-0.1, -0.05) is 20.8 Å². The van der Waals surface area contributed by atoms with E-state index in [1.807, 2.05) is 20.8 Å². The topological polar surface area (TPSA) is 38.8 Å². The Morgan fingerprint density at radius 1 is 1.62 bits per heavy atom. The summed E-state index contributed by atoms with van der Waals surface area (Å²) < 4.78 is 10.2. The fourth-order valence-corrected chi connectivity index (χ4v) is 0.840. The third-order valence-corrected chi connectivity index (χ3v) is 2.58. The van der Waals surface area contributed by atoms with Crippen LogP contribution in [0.25, 0.3) is 0 Å². The maximum atomic E-state index is 11.5. The first-order valence-corrected chi connectivity index (χ1v) is 4.79. The predicted molar refractivity (Wildman–Crippen MR) is 49.6 cm³/mol. The van der Waals surface area contributed by atoms with E-state index < -0.39 is 0 Å². The van der Waals surface area contributed by atoms with Crippen LogP contribution in [0.3, 0.4) is 0 Å². The molecule has 3 nitrogen and oxygen atoms in total. The lowest BCUT2D eigenvalue weighted by molar-refractivity contribution is -0.132. The number of ketones is 1. The number of Topliss-reactive ketones (excluding diaryl/α,β-unsaturated/α-hetero) is 1. The first-order valence-electron chi connectivity index (χ1n) is 4.79. The molecule has 13 heavy (non-hydrogen) atoms. The Balaban J connectivity index is 2.15. The average Bonchev–Trinajstić information content (AvgIpc) is 2.88. The maximum absolute atomic E-state index is 11.5. The summed E-state index contributed by atoms with van der Waals surface area (Å²) in [4.78, 5) is 11.5. The minimum absolute atomic E-state index is 0.177. The van der Waals surface area contributed by atoms with Gasteiger partial charge in [0.25, 0.3) is 0 Å². The molecule has 0 aromatic rings. The lowest BCUT2D eigenvalue weighted by Crippen LogP contribution is -2.28. The largest absolute Gasteiger partial charge is 0.371 e. The van der Waals surface area contributed by atoms with Gasteiger partial charge in [-0.3, -0.25) is 4.79 Å². The molecule has 0 bridgehead atoms. The second-order valence-electron chi connectivity index (χ2n) is 4.13. The van der Waals surface area contributed by atoms with Crippen LogP contribution in [0.15, 0.2) is 0 Å². The van der Waals surface area contributed by atoms with E-state index in [4.69, 9.17) is 9.47 Å². The van der Waals surface area contributed by atoms with Crippen LogP contribution in [-0.2, 0) is 14.3 Å². The summed E-state index contributed by atoms with van der Waals surface area (Å²) >= 11 is 0. The van der Waals surface area contributed by atoms with Crippen molar-refractivity contribution in [3.63, 3.8) is 0 Å². The zero-order valence-electron chi connectivity index (χ0n) is 8.63. The molecule has 0 aromatic carbocycles. The summed E-state index contributed by atoms with van der Waals surface area (Å²) in [7, 11) is 0. The minimum atomic E-state index is -0.246. The monoisotopic (exact) mass is 186 g/mol. The van der Waals surface area contributed by atoms with E-state index in [0.29, 0.717) is 6.61 Å². The van der Waals surface area contributed by atoms with Gasteiger partial charge in [-0.25, -0.2) is 0 Å². The molecule has 0 aliphatic carbocycles. The number of carbonyl (C=O) groups is 1. The molecule has 1 aliphatic rings. The van der Waals surface area contributed by atoms with Crippen LogP contribution in [-0.4, -0.2) is 31.7 Å². The van der Waals surface area contributed by atoms with E-state index in [2.05, 4.69) is 0 Å². The van der Waals surface area contributed by atoms with Crippen molar-refractivity contribution in [3.05, 3.63) is 0 Å². The highest BCUT2D eigenvalue weighted by atomic mass is 16.6. The Morgan fingerprint density at radius 3 is 2.69 bits per heavy atom. The number of epoxide rings is 1. The van der Waals surface area contributed by atoms with Gasteiger partial charge in [0.15, 0.2) is 5.78 Å². The van der Waals surface area contributed by atoms with Gasteiger partial charge in [0.2, 0.25) is 0 Å². The molecule has 0 N–H and O–H groups in total. The summed E-state index contributed by atoms with van der Waals surface area (Å²) in [6.45, 7) is 7.48. The van der Waals surface area contributed by atoms with Crippen molar-refractivity contribution < 1.29 is 14.3 Å². The highest BCUT2D eigenvalue weighted by Gasteiger charge is 2.27. The molecule has 1 fully saturated rings. The van der Waals surface area contributed by atoms with Gasteiger partial charge in [-0.15, -0.1) is 0 Å². The molecule has 0 amide bonds. The fourth-order valence-electron chi connectivity index (χ4n) is 0.840. The predicted octanol–water partition coefficient (Wildman–Crippen LogP) is 1.41. The molecule has 1 unspecified atom stereocenters. The van der Waals surface area contributed by atoms with E-state index >= 15 is 0 Å². The van der Waals surface area contributed by atoms with Crippen molar-refractivity contribution in [1.29, 1.82) is 0 Å². The number of hydrogen-bond acceptors (Lipinski definition) is 3. The first kappa shape index (κ1) is 10.7. The molecule has 1 saturated heterocycles. The molecule has 0 saturated carbocycles. The highest BCUT2D eigenvalue weighted by molar-refractivity contribution is 5.85. The maximum Gasteiger partial charge on any atom is 0.164 e. The standard InChI is InChI=1S/C10H18O3/c1-4-10(2,3)9(11)7-12-5-8-6-13-8/h8H,4-7H2,1-3H3. The quantitative estimate of drug-likeness (QED) is 0.589. The second-order valence-corrected chi connectivity index (χ2v) is 4.13. The van der Waals surface area contributed by atoms with Crippen LogP contribution in [0.2, 0.25) is 0 Å². The summed E-state index contributed by atoms with van der Waals surface area (Å²) in [6.07, 6.45) is 1.10. The normalized spacial score (nSPS) is 21.6. The summed E-state index contributed by atoms with van der Waals surface area (Å²) in [5.74, 6) is 0.177. The third kappa shape index (κ3) is 3.44. The number of rotatable bonds is 6. The fraction of sp³-hybridized carbons (Fsp3) is 0.900. The van der Waals surface area contributed by atoms with E-state index in [9.17, 15) is 4.79 Å². The van der Waals surface area contributed by atoms with Crippen LogP contribution in [0.4, 0.5) is 0 Å². The Morgan fingerprint density at radius 2 is 2.23 bits per heavy atom. The Hall–Kier alpha value is -0.410. The van der Waals surface area contributed by atoms with E-state index in [1.165, 1.54) is 0 Å². The zero-order chi connectivity index (χ0) is 9.90. The molecule has 1 heterocycles. The molecule has 1 aliphatic heterocycles. The first-order chi connectivity index (χ1) is 6.06. The molecule has 1 rings (SSSR count). The number of carbonyl (C=O) groups excluding carboxylic acids is 1. The number of ether oxygens (including phenoxy) is 2. The van der Waals surface area contributed by atoms with Gasteiger partial charge in [-0.05, 0) is 6.42 Å². The van der Waals surface area contributed by atoms with Gasteiger partial charge < -0.3 is 9.47 Å². The van der Waals surface area contributed by atoms with E-state index in [-0.39, 0.29) is 23.9 Å². The van der Waals surface area contributed by atoms with E-state index in [0.717, 1.165) is 13.0 Å². The van der Waals surface area contributed by atoms with Crippen molar-refractivity contribution in [1.82, 2.24) is 0 Å². The summed E-state index contributed by atoms with van der Waals surface area (Å²) in [6, 6.07) is 0. The molecule has 0 radical (unpaired) electrons. The van der Waals surface area contributed by atoms with Crippen LogP contribution in [0, 0.1) is 5.41 Å². The average molecular weight is 186 g/mol. The smallest absolute Gasteiger partial charge is 0.164 e. The summed E-state index contributed by atoms with van der Waals surface area (Å²) in [5, 5.41) is 0. The molecular weight excluding hydrogens is 168 g/mol. The van der Waals surface area contributed by atoms with Crippen LogP contribution in [0.5, 0.6) is 0 Å². The van der Waals surface area contributed by atoms with Gasteiger partial charge in [0, 0.05) is 5.41 Å². The molecular formula is C10H18O3. The van der Waals surface area contributed by atoms with Gasteiger partial charge >= 0.3 is 0 Å². The molecule has 0 aromatic heterocycles. The van der Waals surface area contributed by atoms with E-state index in [1.54, 1.807) is 0 Å². The summed E-state index contributed by atoms with van der Waals surface area (Å²) in [5.41, 5.74) is -0.246. The van der Waals surface area contributed by atoms with Crippen molar-refractivity contribution in [3.8, 4) is 0 Å². The van der Waals surface area contributed by atoms with Crippen LogP contribution >= 0.6 is 0 Å². The minimum Gasteiger partial charge on any atom is -0.371 e. The Labute approximate surface area is 79.4 Å². The van der Waals surface area contributed by atoms with Crippen molar-refractivity contribution in [2.24, 2.45) is 5.41 Å². The van der Waals surface area contributed by atoms with Gasteiger partial charge in [0.05, 0.1) is 13.2 Å². The number of hydrogen-bond donors (Lipinski definition) is 0. The van der Waals surface area contributed by atoms with Crippen LogP contribution < -0.4 is 0 Å². The molecule has 0 spiro atoms. The third-order valence-electron chi connectivity index (χ3n) is 2.58. The molecule has 76 valence electrons. The van der Waals surface area contributed by atoms with Crippen molar-refractivity contribution in [2.45, 2.75) is 33.3 Å². The van der Waals surface area contributed by atoms with Crippen LogP contribution in [0.1, 0.15) is 27.2 Å². The van der Waals surface area contributed by atoms with Gasteiger partial charge in [-0.2, -0.15) is 0 Å². The second kappa shape index (κ2) is 4.20. The Kier molecular flexibility index (Phi) is 3.45. The highest BCUT2D eigenvalue weighted by Crippen LogP contribution is 2.21.